The molecule has 9 aromatic rings. The zero-order chi connectivity index (χ0) is 31.6. The standard InChI is InChI=1S/C43H27N3O2/c1-3-11-26(12-4-1)41-44-42(27-13-5-2-6-14-27)46-43(45-41)33-21-20-31(30-19-22-37-34(24-30)32-17-9-10-18-36(32)47-37)40-39(33)35-23-28-15-7-8-16-29(28)25-38(35)48-40/h1-25,41H,(H,44,45,46). The van der Waals surface area contributed by atoms with Crippen LogP contribution in [0.25, 0.3) is 65.8 Å². The lowest BCUT2D eigenvalue weighted by Crippen LogP contribution is -2.33. The number of hydrogen-bond donors (Lipinski definition) is 1. The summed E-state index contributed by atoms with van der Waals surface area (Å²) in [6.07, 6.45) is -0.306. The second kappa shape index (κ2) is 10.5. The van der Waals surface area contributed by atoms with Crippen LogP contribution in [0.5, 0.6) is 0 Å². The molecule has 0 fully saturated rings. The van der Waals surface area contributed by atoms with E-state index < -0.39 is 0 Å². The summed E-state index contributed by atoms with van der Waals surface area (Å²) in [6.45, 7) is 0. The zero-order valence-corrected chi connectivity index (χ0v) is 25.7. The van der Waals surface area contributed by atoms with E-state index in [1.54, 1.807) is 0 Å². The molecule has 7 aromatic carbocycles. The molecule has 48 heavy (non-hydrogen) atoms. The van der Waals surface area contributed by atoms with Crippen LogP contribution >= 0.6 is 0 Å². The molecule has 0 amide bonds. The molecule has 1 N–H and O–H groups in total. The van der Waals surface area contributed by atoms with E-state index in [9.17, 15) is 0 Å². The van der Waals surface area contributed by atoms with Gasteiger partial charge in [-0.2, -0.15) is 0 Å². The third-order valence-electron chi connectivity index (χ3n) is 9.32. The highest BCUT2D eigenvalue weighted by atomic mass is 16.3. The van der Waals surface area contributed by atoms with Gasteiger partial charge in [0.1, 0.15) is 34.3 Å². The van der Waals surface area contributed by atoms with Crippen molar-refractivity contribution in [3.8, 4) is 11.1 Å². The lowest BCUT2D eigenvalue weighted by atomic mass is 9.96. The van der Waals surface area contributed by atoms with E-state index in [4.69, 9.17) is 18.8 Å². The Kier molecular flexibility index (Phi) is 5.87. The van der Waals surface area contributed by atoms with E-state index in [1.807, 2.05) is 48.5 Å². The van der Waals surface area contributed by atoms with Crippen LogP contribution < -0.4 is 5.32 Å². The molecule has 0 radical (unpaired) electrons. The molecule has 0 spiro atoms. The SMILES string of the molecule is c1ccc(C2=NC(c3ccccc3)NC(c3ccc(-c4ccc5oc6ccccc6c5c4)c4oc5cc6ccccc6cc5c34)=N2)cc1. The number of para-hydroxylation sites is 1. The van der Waals surface area contributed by atoms with Crippen molar-refractivity contribution in [2.75, 3.05) is 0 Å². The van der Waals surface area contributed by atoms with Gasteiger partial charge in [-0.05, 0) is 64.4 Å². The highest BCUT2D eigenvalue weighted by Gasteiger charge is 2.25. The fourth-order valence-corrected chi connectivity index (χ4v) is 6.99. The Morgan fingerprint density at radius 3 is 2.06 bits per heavy atom. The first-order chi connectivity index (χ1) is 23.8. The normalized spacial score (nSPS) is 14.9. The fraction of sp³-hybridized carbons (Fsp3) is 0.0233. The summed E-state index contributed by atoms with van der Waals surface area (Å²) >= 11 is 0. The summed E-state index contributed by atoms with van der Waals surface area (Å²) < 4.78 is 13.0. The molecule has 0 aliphatic carbocycles. The molecule has 3 heterocycles. The number of fused-ring (bicyclic) bond motifs is 7. The molecule has 0 bridgehead atoms. The van der Waals surface area contributed by atoms with Crippen LogP contribution in [0.3, 0.4) is 0 Å². The zero-order valence-electron chi connectivity index (χ0n) is 25.7. The Morgan fingerprint density at radius 1 is 0.500 bits per heavy atom. The Morgan fingerprint density at radius 2 is 1.21 bits per heavy atom. The van der Waals surface area contributed by atoms with Crippen molar-refractivity contribution in [1.82, 2.24) is 5.32 Å². The molecular formula is C43H27N3O2. The second-order valence-electron chi connectivity index (χ2n) is 12.2. The van der Waals surface area contributed by atoms with Gasteiger partial charge in [-0.1, -0.05) is 109 Å². The van der Waals surface area contributed by atoms with Gasteiger partial charge in [0.25, 0.3) is 0 Å². The number of furan rings is 2. The number of amidine groups is 2. The first-order valence-electron chi connectivity index (χ1n) is 16.1. The van der Waals surface area contributed by atoms with E-state index in [2.05, 4.69) is 108 Å². The van der Waals surface area contributed by atoms with Crippen molar-refractivity contribution in [2.24, 2.45) is 9.98 Å². The van der Waals surface area contributed by atoms with Crippen LogP contribution in [0.15, 0.2) is 170 Å². The molecule has 226 valence electrons. The average Bonchev–Trinajstić information content (AvgIpc) is 3.72. The molecule has 5 nitrogen and oxygen atoms in total. The maximum absolute atomic E-state index is 6.85. The molecule has 1 atom stereocenters. The van der Waals surface area contributed by atoms with Crippen molar-refractivity contribution < 1.29 is 8.83 Å². The maximum atomic E-state index is 6.85. The average molecular weight is 618 g/mol. The monoisotopic (exact) mass is 617 g/mol. The second-order valence-corrected chi connectivity index (χ2v) is 12.2. The van der Waals surface area contributed by atoms with Gasteiger partial charge in [-0.15, -0.1) is 0 Å². The van der Waals surface area contributed by atoms with Crippen LogP contribution in [0.1, 0.15) is 22.9 Å². The number of nitrogens with zero attached hydrogens (tertiary/aromatic N) is 2. The third-order valence-corrected chi connectivity index (χ3v) is 9.32. The van der Waals surface area contributed by atoms with Crippen molar-refractivity contribution >= 4 is 66.3 Å². The predicted octanol–water partition coefficient (Wildman–Crippen LogP) is 10.8. The van der Waals surface area contributed by atoms with E-state index in [0.29, 0.717) is 5.84 Å². The topological polar surface area (TPSA) is 63.0 Å². The summed E-state index contributed by atoms with van der Waals surface area (Å²) in [7, 11) is 0. The Bertz CT molecular complexity index is 2760. The Balaban J connectivity index is 1.23. The van der Waals surface area contributed by atoms with Crippen molar-refractivity contribution in [1.29, 1.82) is 0 Å². The van der Waals surface area contributed by atoms with E-state index >= 15 is 0 Å². The molecule has 0 saturated carbocycles. The summed E-state index contributed by atoms with van der Waals surface area (Å²) in [5.74, 6) is 1.44. The Hall–Kier alpha value is -6.46. The van der Waals surface area contributed by atoms with Crippen LogP contribution in [0, 0.1) is 0 Å². The highest BCUT2D eigenvalue weighted by Crippen LogP contribution is 2.41. The Labute approximate surface area is 275 Å². The molecule has 10 rings (SSSR count). The number of aliphatic imine (C=N–C) groups is 2. The lowest BCUT2D eigenvalue weighted by Gasteiger charge is -2.24. The number of rotatable bonds is 4. The predicted molar refractivity (Wildman–Crippen MR) is 196 cm³/mol. The van der Waals surface area contributed by atoms with Crippen molar-refractivity contribution in [3.63, 3.8) is 0 Å². The van der Waals surface area contributed by atoms with Gasteiger partial charge in [0.15, 0.2) is 5.84 Å². The molecule has 1 aliphatic heterocycles. The largest absolute Gasteiger partial charge is 0.456 e. The van der Waals surface area contributed by atoms with Gasteiger partial charge < -0.3 is 14.2 Å². The number of benzene rings is 7. The van der Waals surface area contributed by atoms with E-state index in [-0.39, 0.29) is 6.17 Å². The fourth-order valence-electron chi connectivity index (χ4n) is 6.99. The molecule has 0 saturated heterocycles. The number of nitrogens with one attached hydrogen (secondary N) is 1. The minimum atomic E-state index is -0.306. The van der Waals surface area contributed by atoms with Gasteiger partial charge in [-0.25, -0.2) is 9.98 Å². The highest BCUT2D eigenvalue weighted by molar-refractivity contribution is 6.24. The summed E-state index contributed by atoms with van der Waals surface area (Å²) in [6, 6.07) is 52.2. The number of hydrogen-bond acceptors (Lipinski definition) is 5. The van der Waals surface area contributed by atoms with Crippen LogP contribution in [0.4, 0.5) is 0 Å². The van der Waals surface area contributed by atoms with Crippen LogP contribution in [-0.4, -0.2) is 11.7 Å². The quantitative estimate of drug-likeness (QED) is 0.214. The van der Waals surface area contributed by atoms with Crippen LogP contribution in [0.2, 0.25) is 0 Å². The van der Waals surface area contributed by atoms with E-state index in [1.165, 1.54) is 0 Å². The first-order valence-corrected chi connectivity index (χ1v) is 16.1. The van der Waals surface area contributed by atoms with Crippen molar-refractivity contribution in [3.05, 3.63) is 168 Å². The smallest absolute Gasteiger partial charge is 0.159 e. The lowest BCUT2D eigenvalue weighted by molar-refractivity contribution is 0.668. The minimum absolute atomic E-state index is 0.306. The van der Waals surface area contributed by atoms with Gasteiger partial charge in [0.2, 0.25) is 0 Å². The first kappa shape index (κ1) is 26.7. The molecular weight excluding hydrogens is 590 g/mol. The molecule has 1 aliphatic rings. The summed E-state index contributed by atoms with van der Waals surface area (Å²) in [4.78, 5) is 10.2. The summed E-state index contributed by atoms with van der Waals surface area (Å²) in [5.41, 5.74) is 8.45. The maximum Gasteiger partial charge on any atom is 0.159 e. The van der Waals surface area contributed by atoms with Crippen LogP contribution in [-0.2, 0) is 0 Å². The van der Waals surface area contributed by atoms with Gasteiger partial charge in [-0.3, -0.25) is 0 Å². The van der Waals surface area contributed by atoms with Gasteiger partial charge in [0.05, 0.1) is 0 Å². The minimum Gasteiger partial charge on any atom is -0.456 e. The van der Waals surface area contributed by atoms with E-state index in [0.717, 1.165) is 88.3 Å². The van der Waals surface area contributed by atoms with Gasteiger partial charge in [0, 0.05) is 38.2 Å². The van der Waals surface area contributed by atoms with Gasteiger partial charge >= 0.3 is 0 Å². The van der Waals surface area contributed by atoms with Crippen molar-refractivity contribution in [2.45, 2.75) is 6.17 Å². The molecule has 5 heteroatoms. The summed E-state index contributed by atoms with van der Waals surface area (Å²) in [5, 5.41) is 10.2. The molecule has 1 unspecified atom stereocenters. The molecule has 2 aromatic heterocycles. The third kappa shape index (κ3) is 4.25.